The number of nitrogens with zero attached hydrogens (tertiary/aromatic N) is 7. The molecule has 9 aliphatic heterocycles. The van der Waals surface area contributed by atoms with Crippen molar-refractivity contribution in [1.82, 2.24) is 43.1 Å². The van der Waals surface area contributed by atoms with Gasteiger partial charge in [0.05, 0.1) is 60.7 Å². The van der Waals surface area contributed by atoms with Crippen LogP contribution in [-0.2, 0) is 68.0 Å². The predicted molar refractivity (Wildman–Crippen MR) is 375 cm³/mol. The average Bonchev–Trinajstić information content (AvgIpc) is 1.55. The van der Waals surface area contributed by atoms with Crippen molar-refractivity contribution in [1.29, 1.82) is 0 Å². The fourth-order valence-corrected chi connectivity index (χ4v) is 19.0. The summed E-state index contributed by atoms with van der Waals surface area (Å²) in [7, 11) is -11.1. The van der Waals surface area contributed by atoms with Crippen LogP contribution in [0.3, 0.4) is 0 Å². The molecule has 3 aromatic carbocycles. The van der Waals surface area contributed by atoms with E-state index >= 15 is 0 Å². The van der Waals surface area contributed by atoms with Crippen LogP contribution in [0.25, 0.3) is 0 Å². The van der Waals surface area contributed by atoms with E-state index in [0.717, 1.165) is 83.8 Å². The summed E-state index contributed by atoms with van der Waals surface area (Å²) in [5.41, 5.74) is -4.46. The van der Waals surface area contributed by atoms with Crippen molar-refractivity contribution in [3.8, 4) is 17.2 Å². The molecule has 29 nitrogen and oxygen atoms in total. The van der Waals surface area contributed by atoms with E-state index in [9.17, 15) is 59.8 Å². The fourth-order valence-electron chi connectivity index (χ4n) is 13.9. The number of Topliss-reactive ketones (excluding diaryl/α,β-unsaturated/α-hetero) is 1. The number of phenolic OH excluding ortho intramolecular Hbond substituents is 3. The first-order valence-corrected chi connectivity index (χ1v) is 39.8. The lowest BCUT2D eigenvalue weighted by atomic mass is 10.0. The van der Waals surface area contributed by atoms with Crippen LogP contribution >= 0.6 is 0 Å². The molecule has 102 heavy (non-hydrogen) atoms. The molecule has 10 aliphatic rings. The molecule has 1 saturated carbocycles. The van der Waals surface area contributed by atoms with Crippen molar-refractivity contribution in [2.45, 2.75) is 194 Å². The van der Waals surface area contributed by atoms with E-state index in [4.69, 9.17) is 33.2 Å². The lowest BCUT2D eigenvalue weighted by molar-refractivity contribution is -0.122. The van der Waals surface area contributed by atoms with Gasteiger partial charge in [0.1, 0.15) is 51.2 Å². The largest absolute Gasteiger partial charge is 0.508 e. The van der Waals surface area contributed by atoms with Gasteiger partial charge < -0.3 is 68.5 Å². The molecule has 4 atom stereocenters. The van der Waals surface area contributed by atoms with Gasteiger partial charge in [-0.25, -0.2) is 39.6 Å². The number of ketones is 1. The fraction of sp³-hybridized carbons (Fsp3) is 0.686. The minimum Gasteiger partial charge on any atom is -0.508 e. The van der Waals surface area contributed by atoms with E-state index in [1.807, 2.05) is 41.5 Å². The highest BCUT2D eigenvalue weighted by Crippen LogP contribution is 2.42. The Morgan fingerprint density at radius 2 is 0.882 bits per heavy atom. The van der Waals surface area contributed by atoms with Crippen LogP contribution < -0.4 is 10.6 Å². The zero-order chi connectivity index (χ0) is 74.2. The van der Waals surface area contributed by atoms with Gasteiger partial charge in [0.15, 0.2) is 11.5 Å². The van der Waals surface area contributed by atoms with Crippen LogP contribution in [0, 0.1) is 5.92 Å². The Labute approximate surface area is 601 Å². The Kier molecular flexibility index (Phi) is 25.7. The molecule has 13 rings (SSSR count). The van der Waals surface area contributed by atoms with Crippen molar-refractivity contribution in [2.75, 3.05) is 125 Å². The average molecular weight is 1490 g/mol. The summed E-state index contributed by atoms with van der Waals surface area (Å²) in [4.78, 5) is 54.6. The van der Waals surface area contributed by atoms with Gasteiger partial charge in [-0.2, -0.15) is 12.9 Å². The molecule has 570 valence electrons. The number of piperidine rings is 5. The van der Waals surface area contributed by atoms with Gasteiger partial charge in [0.25, 0.3) is 0 Å². The van der Waals surface area contributed by atoms with E-state index in [1.54, 1.807) is 30.0 Å². The standard InChI is InChI=1S/C18H26N2O6S.C17H24N2O4S.C13H18N2O4S.C12H22N2O3.C10H17NO3/c1-17(2,3)26-16(22)19-10-4-9-18(13-19)20(11-12-25-18)27(23,24)15-7-5-14(21)6-8-15;20-15-4-6-16(7-5-15)24(21,22)19-10-11-23-17(19)8-1-9-18(13-17)12-14-2-3-14;16-11-2-4-12(5-3-11)20(17,18)15-8-9-19-13(15)6-1-7-14-10-13;1-11(2,3)17-10(15)14-7-4-5-12(9-14)13-6-8-16-12;1-10(2,3)14-9(13)11-6-4-5-8(12)7-11/h5-8,21H,4,9-13H2,1-3H3;4-7,14,20H,1-3,8-13H2;2-5,14,16H,1,6-10H2;13H,4-9H2,1-3H3;4-7H2,1-3H3. The van der Waals surface area contributed by atoms with Crippen LogP contribution in [0.1, 0.15) is 139 Å². The SMILES string of the molecule is CC(C)(C)OC(=O)N1CCCC(=O)C1.CC(C)(C)OC(=O)N1CCCC2(C1)NCCO2.CC(C)(C)OC(=O)N1CCCC2(C1)OCCN2S(=O)(=O)c1ccc(O)cc1.O=S(=O)(c1ccc(O)cc1)N1CCOC12CCCN(CC1CC1)C2.O=S(=O)(c1ccc(O)cc1)N1CCOC12CCCNC2. The van der Waals surface area contributed by atoms with Crippen molar-refractivity contribution in [3.05, 3.63) is 72.8 Å². The normalized spacial score (nSPS) is 26.3. The van der Waals surface area contributed by atoms with Crippen LogP contribution in [0.15, 0.2) is 87.5 Å². The number of hydrogen-bond donors (Lipinski definition) is 5. The number of likely N-dealkylation sites (tertiary alicyclic amines) is 4. The van der Waals surface area contributed by atoms with Gasteiger partial charge in [-0.1, -0.05) is 0 Å². The maximum atomic E-state index is 13.2. The Hall–Kier alpha value is -6.01. The predicted octanol–water partition coefficient (Wildman–Crippen LogP) is 7.17. The molecule has 3 aromatic rings. The number of sulfonamides is 3. The summed E-state index contributed by atoms with van der Waals surface area (Å²) in [6.07, 6.45) is 9.14. The van der Waals surface area contributed by atoms with Gasteiger partial charge in [-0.05, 0) is 225 Å². The van der Waals surface area contributed by atoms with E-state index in [1.165, 1.54) is 104 Å². The van der Waals surface area contributed by atoms with Gasteiger partial charge in [-0.3, -0.25) is 15.0 Å². The first kappa shape index (κ1) is 80.1. The second kappa shape index (κ2) is 32.8. The number of aromatic hydroxyl groups is 3. The van der Waals surface area contributed by atoms with Crippen molar-refractivity contribution in [3.63, 3.8) is 0 Å². The molecule has 9 heterocycles. The highest BCUT2D eigenvalue weighted by molar-refractivity contribution is 7.89. The summed E-state index contributed by atoms with van der Waals surface area (Å²) in [6, 6.07) is 16.8. The Bertz CT molecular complexity index is 3690. The number of rotatable bonds is 8. The van der Waals surface area contributed by atoms with Gasteiger partial charge >= 0.3 is 18.3 Å². The highest BCUT2D eigenvalue weighted by atomic mass is 32.2. The number of phenols is 3. The third-order valence-electron chi connectivity index (χ3n) is 18.7. The molecule has 32 heteroatoms. The Morgan fingerprint density at radius 3 is 1.30 bits per heavy atom. The number of ether oxygens (including phenoxy) is 7. The first-order valence-electron chi connectivity index (χ1n) is 35.5. The molecular weight excluding hydrogens is 1380 g/mol. The smallest absolute Gasteiger partial charge is 0.410 e. The van der Waals surface area contributed by atoms with Crippen LogP contribution in [-0.4, -0.2) is 261 Å². The number of hydrogen-bond acceptors (Lipinski definition) is 23. The molecule has 0 radical (unpaired) electrons. The minimum absolute atomic E-state index is 0.00453. The lowest BCUT2D eigenvalue weighted by Gasteiger charge is -2.43. The van der Waals surface area contributed by atoms with E-state index < -0.39 is 70.1 Å². The maximum Gasteiger partial charge on any atom is 0.410 e. The molecule has 9 saturated heterocycles. The summed E-state index contributed by atoms with van der Waals surface area (Å²) in [5.74, 6) is 1.01. The third-order valence-corrected chi connectivity index (χ3v) is 24.6. The molecule has 10 fully saturated rings. The van der Waals surface area contributed by atoms with Gasteiger partial charge in [0.2, 0.25) is 30.1 Å². The second-order valence-electron chi connectivity index (χ2n) is 30.5. The summed E-state index contributed by atoms with van der Waals surface area (Å²) < 4.78 is 122. The van der Waals surface area contributed by atoms with Crippen LogP contribution in [0.4, 0.5) is 14.4 Å². The molecule has 0 bridgehead atoms. The van der Waals surface area contributed by atoms with Gasteiger partial charge in [0, 0.05) is 71.9 Å². The zero-order valence-corrected chi connectivity index (χ0v) is 63.0. The van der Waals surface area contributed by atoms with Crippen LogP contribution in [0.5, 0.6) is 17.2 Å². The van der Waals surface area contributed by atoms with Crippen LogP contribution in [0.2, 0.25) is 0 Å². The van der Waals surface area contributed by atoms with E-state index in [-0.39, 0.29) is 81.9 Å². The Morgan fingerprint density at radius 1 is 0.480 bits per heavy atom. The molecule has 5 N–H and O–H groups in total. The zero-order valence-electron chi connectivity index (χ0n) is 60.6. The van der Waals surface area contributed by atoms with E-state index in [0.29, 0.717) is 84.7 Å². The van der Waals surface area contributed by atoms with Gasteiger partial charge in [-0.15, -0.1) is 0 Å². The molecule has 0 aromatic heterocycles. The monoisotopic (exact) mass is 1490 g/mol. The number of carbonyl (C=O) groups is 4. The highest BCUT2D eigenvalue weighted by Gasteiger charge is 2.55. The van der Waals surface area contributed by atoms with Crippen molar-refractivity contribution in [2.24, 2.45) is 5.92 Å². The number of amides is 3. The molecule has 4 spiro atoms. The lowest BCUT2D eigenvalue weighted by Crippen LogP contribution is -2.59. The first-order chi connectivity index (χ1) is 47.9. The molecule has 3 amide bonds. The minimum atomic E-state index is -3.83. The summed E-state index contributed by atoms with van der Waals surface area (Å²) in [5, 5.41) is 34.7. The number of benzene rings is 3. The topological polar surface area (TPSA) is 343 Å². The number of carbonyl (C=O) groups excluding carboxylic acids is 4. The quantitative estimate of drug-likeness (QED) is 0.140. The van der Waals surface area contributed by atoms with Crippen molar-refractivity contribution < 1.29 is 92.9 Å². The van der Waals surface area contributed by atoms with E-state index in [2.05, 4.69) is 15.5 Å². The Balaban J connectivity index is 0.000000151. The summed E-state index contributed by atoms with van der Waals surface area (Å²) >= 11 is 0. The molecular formula is C70H107N9O20S3. The maximum absolute atomic E-state index is 13.2. The summed E-state index contributed by atoms with van der Waals surface area (Å²) in [6.45, 7) is 27.1. The van der Waals surface area contributed by atoms with Crippen molar-refractivity contribution >= 4 is 54.1 Å². The molecule has 4 unspecified atom stereocenters. The molecule has 1 aliphatic carbocycles. The second-order valence-corrected chi connectivity index (χ2v) is 36.1. The number of nitrogens with one attached hydrogen (secondary N) is 2. The third kappa shape index (κ3) is 20.7.